The molecule has 5 N–H and O–H groups in total. The van der Waals surface area contributed by atoms with E-state index in [9.17, 15) is 32.8 Å². The molecular weight excluding hydrogens is 552 g/mol. The highest BCUT2D eigenvalue weighted by Crippen LogP contribution is 2.65. The number of piperidine rings is 1. The highest BCUT2D eigenvalue weighted by atomic mass is 19.3. The van der Waals surface area contributed by atoms with Crippen molar-refractivity contribution in [1.29, 1.82) is 0 Å². The molecule has 0 bridgehead atoms. The predicted octanol–water partition coefficient (Wildman–Crippen LogP) is 2.64. The van der Waals surface area contributed by atoms with Crippen LogP contribution < -0.4 is 21.3 Å². The molecule has 13 heteroatoms. The molecule has 0 aromatic heterocycles. The molecule has 5 atom stereocenters. The Labute approximate surface area is 246 Å². The number of carbonyl (C=O) groups excluding carboxylic acids is 4. The number of rotatable bonds is 11. The molecule has 42 heavy (non-hydrogen) atoms. The van der Waals surface area contributed by atoms with Crippen LogP contribution in [0.15, 0.2) is 0 Å². The van der Waals surface area contributed by atoms with Crippen LogP contribution in [-0.2, 0) is 19.2 Å². The highest BCUT2D eigenvalue weighted by molar-refractivity contribution is 5.96. The molecule has 3 fully saturated rings. The maximum atomic E-state index is 14.0. The van der Waals surface area contributed by atoms with Crippen LogP contribution in [0.5, 0.6) is 0 Å². The Morgan fingerprint density at radius 3 is 2.17 bits per heavy atom. The van der Waals surface area contributed by atoms with Gasteiger partial charge in [-0.05, 0) is 42.4 Å². The van der Waals surface area contributed by atoms with Gasteiger partial charge in [0.05, 0.1) is 6.42 Å². The fourth-order valence-electron chi connectivity index (χ4n) is 6.61. The number of amides is 5. The molecule has 0 radical (unpaired) electrons. The van der Waals surface area contributed by atoms with Crippen LogP contribution in [0.3, 0.4) is 0 Å². The molecule has 0 aromatic rings. The first-order valence-corrected chi connectivity index (χ1v) is 14.8. The zero-order valence-corrected chi connectivity index (χ0v) is 25.5. The third kappa shape index (κ3) is 7.89. The quantitative estimate of drug-likeness (QED) is 0.246. The van der Waals surface area contributed by atoms with Crippen molar-refractivity contribution in [2.45, 2.75) is 117 Å². The van der Waals surface area contributed by atoms with Gasteiger partial charge in [0.25, 0.3) is 0 Å². The van der Waals surface area contributed by atoms with Gasteiger partial charge in [0.2, 0.25) is 24.1 Å². The van der Waals surface area contributed by atoms with Crippen molar-refractivity contribution in [3.8, 4) is 0 Å². The first kappa shape index (κ1) is 33.5. The van der Waals surface area contributed by atoms with Gasteiger partial charge >= 0.3 is 12.0 Å². The fraction of sp³-hybridized carbons (Fsp3) is 0.828. The first-order valence-electron chi connectivity index (χ1n) is 14.8. The lowest BCUT2D eigenvalue weighted by Gasteiger charge is -2.39. The van der Waals surface area contributed by atoms with Crippen molar-refractivity contribution >= 4 is 29.7 Å². The normalized spacial score (nSPS) is 25.5. The number of urea groups is 1. The highest BCUT2D eigenvalue weighted by Gasteiger charge is 2.70. The van der Waals surface area contributed by atoms with Crippen LogP contribution in [0, 0.1) is 22.7 Å². The molecule has 2 saturated carbocycles. The number of likely N-dealkylation sites (tertiary alicyclic amines) is 1. The number of nitrogens with zero attached hydrogens (tertiary/aromatic N) is 1. The Morgan fingerprint density at radius 1 is 1.00 bits per heavy atom. The summed E-state index contributed by atoms with van der Waals surface area (Å²) in [6, 6.07) is -4.07. The number of carboxylic acids is 1. The Kier molecular flexibility index (Phi) is 10.1. The van der Waals surface area contributed by atoms with Gasteiger partial charge in [-0.2, -0.15) is 0 Å². The Bertz CT molecular complexity index is 1060. The number of hydrogen-bond donors (Lipinski definition) is 5. The molecule has 0 spiro atoms. The summed E-state index contributed by atoms with van der Waals surface area (Å²) in [7, 11) is 0. The zero-order chi connectivity index (χ0) is 31.6. The first-order chi connectivity index (χ1) is 19.4. The van der Waals surface area contributed by atoms with E-state index in [1.807, 2.05) is 41.5 Å². The molecule has 3 aliphatic rings. The zero-order valence-electron chi connectivity index (χ0n) is 25.5. The molecule has 1 heterocycles. The Morgan fingerprint density at radius 2 is 1.62 bits per heavy atom. The van der Waals surface area contributed by atoms with E-state index in [0.717, 1.165) is 32.1 Å². The molecule has 2 unspecified atom stereocenters. The number of carbonyl (C=O) groups is 5. The topological polar surface area (TPSA) is 157 Å². The number of fused-ring (bicyclic) bond motifs is 1. The van der Waals surface area contributed by atoms with Crippen molar-refractivity contribution in [3.63, 3.8) is 0 Å². The fourth-order valence-corrected chi connectivity index (χ4v) is 6.61. The smallest absolute Gasteiger partial charge is 0.315 e. The number of carboxylic acid groups (broad SMARTS) is 1. The van der Waals surface area contributed by atoms with E-state index >= 15 is 0 Å². The minimum Gasteiger partial charge on any atom is -0.481 e. The third-order valence-corrected chi connectivity index (χ3v) is 9.21. The summed E-state index contributed by atoms with van der Waals surface area (Å²) in [6.07, 6.45) is 0.520. The van der Waals surface area contributed by atoms with Gasteiger partial charge in [0, 0.05) is 25.0 Å². The van der Waals surface area contributed by atoms with Gasteiger partial charge in [-0.15, -0.1) is 0 Å². The summed E-state index contributed by atoms with van der Waals surface area (Å²) in [4.78, 5) is 65.6. The van der Waals surface area contributed by atoms with Crippen LogP contribution in [0.2, 0.25) is 0 Å². The Balaban J connectivity index is 1.78. The lowest BCUT2D eigenvalue weighted by molar-refractivity contribution is -0.144. The summed E-state index contributed by atoms with van der Waals surface area (Å²) in [6.45, 7) is 11.3. The van der Waals surface area contributed by atoms with Gasteiger partial charge < -0.3 is 31.3 Å². The summed E-state index contributed by atoms with van der Waals surface area (Å²) in [5, 5.41) is 19.4. The molecule has 5 amide bonds. The van der Waals surface area contributed by atoms with Gasteiger partial charge in [-0.3, -0.25) is 19.2 Å². The molecule has 3 rings (SSSR count). The second-order valence-electron chi connectivity index (χ2n) is 14.0. The van der Waals surface area contributed by atoms with E-state index in [-0.39, 0.29) is 35.9 Å². The predicted molar refractivity (Wildman–Crippen MR) is 150 cm³/mol. The van der Waals surface area contributed by atoms with E-state index in [1.165, 1.54) is 4.90 Å². The molecular formula is C29H47F2N5O6. The van der Waals surface area contributed by atoms with Crippen LogP contribution in [0.4, 0.5) is 13.6 Å². The molecule has 11 nitrogen and oxygen atoms in total. The second kappa shape index (κ2) is 12.7. The SMILES string of the molecule is CC1(NC(=O)N[C@H](C(=O)N2CC3C([C@H]2C(=O)N[C@@H](CC(F)F)C(=O)NCCC(=O)O)C3(C)C)C(C)(C)C)CCCCC1. The van der Waals surface area contributed by atoms with Crippen molar-refractivity contribution in [1.82, 2.24) is 26.2 Å². The average molecular weight is 600 g/mol. The molecule has 2 aliphatic carbocycles. The summed E-state index contributed by atoms with van der Waals surface area (Å²) in [5.41, 5.74) is -1.37. The number of alkyl halides is 2. The molecule has 1 saturated heterocycles. The van der Waals surface area contributed by atoms with E-state index in [2.05, 4.69) is 21.3 Å². The second-order valence-corrected chi connectivity index (χ2v) is 14.0. The maximum absolute atomic E-state index is 14.0. The van der Waals surface area contributed by atoms with E-state index in [0.29, 0.717) is 0 Å². The number of aliphatic carboxylic acids is 1. The standard InChI is InChI=1S/C29H47F2N5O6/c1-27(2,3)22(34-26(42)35-29(6)11-8-7-9-12-29)25(41)36-15-16-20(28(16,4)5)21(36)24(40)33-17(14-18(30)31)23(39)32-13-10-19(37)38/h16-18,20-22H,7-15H2,1-6H3,(H,32,39)(H,33,40)(H,37,38)(H2,34,35,42)/t16?,17-,20?,21-,22+/m0/s1. The minimum absolute atomic E-state index is 0.00858. The minimum atomic E-state index is -2.91. The molecule has 1 aliphatic heterocycles. The largest absolute Gasteiger partial charge is 0.481 e. The lowest BCUT2D eigenvalue weighted by atomic mass is 9.83. The molecule has 0 aromatic carbocycles. The monoisotopic (exact) mass is 599 g/mol. The van der Waals surface area contributed by atoms with Crippen molar-refractivity contribution < 1.29 is 37.9 Å². The maximum Gasteiger partial charge on any atom is 0.315 e. The van der Waals surface area contributed by atoms with Crippen molar-refractivity contribution in [2.24, 2.45) is 22.7 Å². The number of halogens is 2. The molecule has 238 valence electrons. The lowest BCUT2D eigenvalue weighted by Crippen LogP contribution is -2.62. The van der Waals surface area contributed by atoms with Crippen molar-refractivity contribution in [2.75, 3.05) is 13.1 Å². The van der Waals surface area contributed by atoms with E-state index in [4.69, 9.17) is 5.11 Å². The van der Waals surface area contributed by atoms with Crippen LogP contribution in [-0.4, -0.2) is 82.9 Å². The Hall–Kier alpha value is -2.99. The van der Waals surface area contributed by atoms with Gasteiger partial charge in [-0.25, -0.2) is 13.6 Å². The summed E-state index contributed by atoms with van der Waals surface area (Å²) < 4.78 is 26.7. The van der Waals surface area contributed by atoms with Gasteiger partial charge in [0.1, 0.15) is 18.1 Å². The summed E-state index contributed by atoms with van der Waals surface area (Å²) in [5.74, 6) is -3.53. The van der Waals surface area contributed by atoms with Crippen LogP contribution in [0.25, 0.3) is 0 Å². The van der Waals surface area contributed by atoms with Crippen molar-refractivity contribution in [3.05, 3.63) is 0 Å². The van der Waals surface area contributed by atoms with Gasteiger partial charge in [-0.1, -0.05) is 53.9 Å². The van der Waals surface area contributed by atoms with E-state index < -0.39 is 72.5 Å². The summed E-state index contributed by atoms with van der Waals surface area (Å²) >= 11 is 0. The van der Waals surface area contributed by atoms with Crippen LogP contribution in [0.1, 0.15) is 86.5 Å². The van der Waals surface area contributed by atoms with Gasteiger partial charge in [0.15, 0.2) is 0 Å². The number of hydrogen-bond acceptors (Lipinski definition) is 5. The van der Waals surface area contributed by atoms with Crippen LogP contribution >= 0.6 is 0 Å². The third-order valence-electron chi connectivity index (χ3n) is 9.21. The number of nitrogens with one attached hydrogen (secondary N) is 4. The average Bonchev–Trinajstić information content (AvgIpc) is 3.19. The van der Waals surface area contributed by atoms with E-state index in [1.54, 1.807) is 0 Å².